The van der Waals surface area contributed by atoms with E-state index in [9.17, 15) is 0 Å². The third-order valence-corrected chi connectivity index (χ3v) is 4.75. The van der Waals surface area contributed by atoms with Gasteiger partial charge in [-0.2, -0.15) is 17.0 Å². The highest BCUT2D eigenvalue weighted by molar-refractivity contribution is 7.99. The zero-order valence-electron chi connectivity index (χ0n) is 10.4. The standard InChI is InChI=1S/C14H17ClN2S/c1-18-13-4-2-3-12(8-13)17-14-7-11(15)6-5-10(14)9-16/h5-7,12-13,17H,2-4,8H2,1H3. The molecule has 1 aromatic carbocycles. The Labute approximate surface area is 118 Å². The van der Waals surface area contributed by atoms with Gasteiger partial charge in [-0.15, -0.1) is 0 Å². The van der Waals surface area contributed by atoms with Gasteiger partial charge in [-0.25, -0.2) is 0 Å². The molecule has 2 nitrogen and oxygen atoms in total. The Morgan fingerprint density at radius 1 is 1.44 bits per heavy atom. The first-order valence-corrected chi connectivity index (χ1v) is 7.88. The van der Waals surface area contributed by atoms with Crippen LogP contribution in [0.5, 0.6) is 0 Å². The number of anilines is 1. The van der Waals surface area contributed by atoms with E-state index in [1.54, 1.807) is 12.1 Å². The van der Waals surface area contributed by atoms with E-state index < -0.39 is 0 Å². The summed E-state index contributed by atoms with van der Waals surface area (Å²) in [5, 5.41) is 14.0. The molecule has 2 atom stereocenters. The van der Waals surface area contributed by atoms with Crippen molar-refractivity contribution in [2.24, 2.45) is 0 Å². The van der Waals surface area contributed by atoms with Crippen molar-refractivity contribution < 1.29 is 0 Å². The van der Waals surface area contributed by atoms with E-state index >= 15 is 0 Å². The molecule has 0 spiro atoms. The average molecular weight is 281 g/mol. The monoisotopic (exact) mass is 280 g/mol. The summed E-state index contributed by atoms with van der Waals surface area (Å²) in [4.78, 5) is 0. The topological polar surface area (TPSA) is 35.8 Å². The Morgan fingerprint density at radius 2 is 2.28 bits per heavy atom. The molecule has 0 heterocycles. The van der Waals surface area contributed by atoms with Gasteiger partial charge in [0.05, 0.1) is 11.3 Å². The first kappa shape index (κ1) is 13.6. The summed E-state index contributed by atoms with van der Waals surface area (Å²) >= 11 is 7.94. The SMILES string of the molecule is CSC1CCCC(Nc2cc(Cl)ccc2C#N)C1. The summed E-state index contributed by atoms with van der Waals surface area (Å²) in [6, 6.07) is 8.06. The van der Waals surface area contributed by atoms with Crippen molar-refractivity contribution in [2.45, 2.75) is 37.0 Å². The molecule has 0 aliphatic heterocycles. The fourth-order valence-corrected chi connectivity index (χ4v) is 3.44. The lowest BCUT2D eigenvalue weighted by Gasteiger charge is -2.29. The van der Waals surface area contributed by atoms with Crippen molar-refractivity contribution in [2.75, 3.05) is 11.6 Å². The molecule has 1 N–H and O–H groups in total. The van der Waals surface area contributed by atoms with Crippen LogP contribution in [0.3, 0.4) is 0 Å². The maximum atomic E-state index is 9.10. The van der Waals surface area contributed by atoms with Gasteiger partial charge in [0, 0.05) is 16.3 Å². The van der Waals surface area contributed by atoms with Crippen molar-refractivity contribution in [3.05, 3.63) is 28.8 Å². The van der Waals surface area contributed by atoms with Gasteiger partial charge >= 0.3 is 0 Å². The molecule has 18 heavy (non-hydrogen) atoms. The molecule has 0 amide bonds. The van der Waals surface area contributed by atoms with Gasteiger partial charge in [0.1, 0.15) is 6.07 Å². The van der Waals surface area contributed by atoms with Crippen molar-refractivity contribution in [3.8, 4) is 6.07 Å². The van der Waals surface area contributed by atoms with Crippen LogP contribution in [0, 0.1) is 11.3 Å². The van der Waals surface area contributed by atoms with Crippen LogP contribution in [0.1, 0.15) is 31.2 Å². The highest BCUT2D eigenvalue weighted by atomic mass is 35.5. The summed E-state index contributed by atoms with van der Waals surface area (Å²) in [5.74, 6) is 0. The number of rotatable bonds is 3. The van der Waals surface area contributed by atoms with Gasteiger partial charge in [0.25, 0.3) is 0 Å². The minimum Gasteiger partial charge on any atom is -0.381 e. The number of thioether (sulfide) groups is 1. The first-order valence-electron chi connectivity index (χ1n) is 6.22. The maximum Gasteiger partial charge on any atom is 0.101 e. The zero-order valence-corrected chi connectivity index (χ0v) is 12.0. The van der Waals surface area contributed by atoms with Gasteiger partial charge in [-0.1, -0.05) is 18.0 Å². The fraction of sp³-hybridized carbons (Fsp3) is 0.500. The zero-order chi connectivity index (χ0) is 13.0. The second kappa shape index (κ2) is 6.36. The van der Waals surface area contributed by atoms with Gasteiger partial charge in [-0.3, -0.25) is 0 Å². The van der Waals surface area contributed by atoms with Crippen LogP contribution in [0.25, 0.3) is 0 Å². The van der Waals surface area contributed by atoms with Crippen molar-refractivity contribution >= 4 is 29.1 Å². The number of hydrogen-bond donors (Lipinski definition) is 1. The molecule has 0 aromatic heterocycles. The number of nitriles is 1. The Kier molecular flexibility index (Phi) is 4.79. The Morgan fingerprint density at radius 3 is 3.00 bits per heavy atom. The quantitative estimate of drug-likeness (QED) is 0.897. The lowest BCUT2D eigenvalue weighted by molar-refractivity contribution is 0.473. The van der Waals surface area contributed by atoms with E-state index in [1.165, 1.54) is 25.7 Å². The minimum absolute atomic E-state index is 0.460. The first-order chi connectivity index (χ1) is 8.72. The van der Waals surface area contributed by atoms with E-state index in [0.29, 0.717) is 16.6 Å². The Bertz CT molecular complexity index is 456. The number of nitrogens with one attached hydrogen (secondary N) is 1. The predicted molar refractivity (Wildman–Crippen MR) is 79.3 cm³/mol. The van der Waals surface area contributed by atoms with Crippen LogP contribution < -0.4 is 5.32 Å². The number of benzene rings is 1. The van der Waals surface area contributed by atoms with Crippen LogP contribution in [0.4, 0.5) is 5.69 Å². The predicted octanol–water partition coefficient (Wildman–Crippen LogP) is 4.30. The fourth-order valence-electron chi connectivity index (χ4n) is 2.44. The third kappa shape index (κ3) is 3.34. The van der Waals surface area contributed by atoms with E-state index in [4.69, 9.17) is 16.9 Å². The van der Waals surface area contributed by atoms with Crippen LogP contribution >= 0.6 is 23.4 Å². The molecule has 1 aliphatic carbocycles. The summed E-state index contributed by atoms with van der Waals surface area (Å²) in [7, 11) is 0. The molecule has 4 heteroatoms. The summed E-state index contributed by atoms with van der Waals surface area (Å²) in [6.45, 7) is 0. The number of halogens is 1. The number of nitrogens with zero attached hydrogens (tertiary/aromatic N) is 1. The van der Waals surface area contributed by atoms with Crippen molar-refractivity contribution in [1.29, 1.82) is 5.26 Å². The van der Waals surface area contributed by atoms with Crippen LogP contribution in [0.15, 0.2) is 18.2 Å². The van der Waals surface area contributed by atoms with Gasteiger partial charge in [-0.05, 0) is 43.7 Å². The van der Waals surface area contributed by atoms with Gasteiger partial charge in [0.15, 0.2) is 0 Å². The molecule has 1 aliphatic rings. The molecule has 1 fully saturated rings. The number of hydrogen-bond acceptors (Lipinski definition) is 3. The van der Waals surface area contributed by atoms with E-state index in [1.807, 2.05) is 17.8 Å². The lowest BCUT2D eigenvalue weighted by Crippen LogP contribution is -2.28. The van der Waals surface area contributed by atoms with E-state index in [0.717, 1.165) is 10.9 Å². The normalized spacial score (nSPS) is 23.4. The molecule has 2 rings (SSSR count). The lowest BCUT2D eigenvalue weighted by atomic mass is 9.94. The van der Waals surface area contributed by atoms with E-state index in [-0.39, 0.29) is 0 Å². The molecule has 0 bridgehead atoms. The van der Waals surface area contributed by atoms with Crippen LogP contribution in [0.2, 0.25) is 5.02 Å². The van der Waals surface area contributed by atoms with Crippen molar-refractivity contribution in [3.63, 3.8) is 0 Å². The second-order valence-electron chi connectivity index (χ2n) is 4.67. The summed E-state index contributed by atoms with van der Waals surface area (Å²) < 4.78 is 0. The molecule has 0 saturated heterocycles. The second-order valence-corrected chi connectivity index (χ2v) is 6.24. The average Bonchev–Trinajstić information content (AvgIpc) is 2.39. The van der Waals surface area contributed by atoms with Crippen LogP contribution in [-0.4, -0.2) is 17.5 Å². The Hall–Kier alpha value is -0.850. The minimum atomic E-state index is 0.460. The highest BCUT2D eigenvalue weighted by Gasteiger charge is 2.21. The maximum absolute atomic E-state index is 9.10. The molecular formula is C14H17ClN2S. The molecular weight excluding hydrogens is 264 g/mol. The van der Waals surface area contributed by atoms with Gasteiger partial charge < -0.3 is 5.32 Å². The molecule has 2 unspecified atom stereocenters. The van der Waals surface area contributed by atoms with E-state index in [2.05, 4.69) is 17.6 Å². The van der Waals surface area contributed by atoms with Crippen molar-refractivity contribution in [1.82, 2.24) is 0 Å². The van der Waals surface area contributed by atoms with Gasteiger partial charge in [0.2, 0.25) is 0 Å². The smallest absolute Gasteiger partial charge is 0.101 e. The highest BCUT2D eigenvalue weighted by Crippen LogP contribution is 2.30. The summed E-state index contributed by atoms with van der Waals surface area (Å²) in [5.41, 5.74) is 1.54. The summed E-state index contributed by atoms with van der Waals surface area (Å²) in [6.07, 6.45) is 7.08. The molecule has 1 aromatic rings. The molecule has 1 saturated carbocycles. The third-order valence-electron chi connectivity index (χ3n) is 3.42. The Balaban J connectivity index is 2.09. The molecule has 0 radical (unpaired) electrons. The largest absolute Gasteiger partial charge is 0.381 e. The molecule has 96 valence electrons. The van der Waals surface area contributed by atoms with Crippen LogP contribution in [-0.2, 0) is 0 Å².